The molecule has 0 unspecified atom stereocenters. The van der Waals surface area contributed by atoms with Crippen molar-refractivity contribution < 1.29 is 0 Å². The van der Waals surface area contributed by atoms with Gasteiger partial charge < -0.3 is 4.57 Å². The molecule has 0 aliphatic carbocycles. The van der Waals surface area contributed by atoms with Crippen LogP contribution in [-0.2, 0) is 0 Å². The van der Waals surface area contributed by atoms with Gasteiger partial charge in [0.25, 0.3) is 0 Å². The predicted molar refractivity (Wildman–Crippen MR) is 189 cm³/mol. The highest BCUT2D eigenvalue weighted by Gasteiger charge is 2.21. The Morgan fingerprint density at radius 3 is 1.46 bits per heavy atom. The molecule has 46 heavy (non-hydrogen) atoms. The van der Waals surface area contributed by atoms with Gasteiger partial charge in [0.1, 0.15) is 0 Å². The van der Waals surface area contributed by atoms with Crippen LogP contribution in [0.4, 0.5) is 0 Å². The molecule has 0 fully saturated rings. The van der Waals surface area contributed by atoms with E-state index in [0.717, 1.165) is 55.2 Å². The molecule has 0 saturated carbocycles. The minimum Gasteiger partial charge on any atom is -0.309 e. The molecule has 0 bridgehead atoms. The van der Waals surface area contributed by atoms with Crippen molar-refractivity contribution in [3.63, 3.8) is 0 Å². The van der Waals surface area contributed by atoms with Crippen molar-refractivity contribution >= 4 is 49.7 Å². The number of aromatic nitrogens is 5. The topological polar surface area (TPSA) is 48.5 Å². The lowest BCUT2D eigenvalue weighted by Crippen LogP contribution is -2.06. The summed E-state index contributed by atoms with van der Waals surface area (Å²) < 4.78 is 4.54. The Balaban J connectivity index is 1.38. The van der Waals surface area contributed by atoms with Crippen LogP contribution in [0.25, 0.3) is 84.1 Å². The van der Waals surface area contributed by atoms with Gasteiger partial charge in [-0.2, -0.15) is 9.97 Å². The molecule has 0 spiro atoms. The van der Waals surface area contributed by atoms with Crippen LogP contribution in [0.5, 0.6) is 0 Å². The van der Waals surface area contributed by atoms with Crippen molar-refractivity contribution in [2.75, 3.05) is 0 Å². The summed E-state index contributed by atoms with van der Waals surface area (Å²) >= 11 is 0. The Hall–Kier alpha value is -6.33. The van der Waals surface area contributed by atoms with Crippen LogP contribution >= 0.6 is 0 Å². The first-order valence-electron chi connectivity index (χ1n) is 15.3. The summed E-state index contributed by atoms with van der Waals surface area (Å²) in [6, 6.07) is 50.5. The van der Waals surface area contributed by atoms with Gasteiger partial charge in [0.15, 0.2) is 11.6 Å². The van der Waals surface area contributed by atoms with Gasteiger partial charge >= 0.3 is 0 Å². The van der Waals surface area contributed by atoms with Crippen LogP contribution in [0.15, 0.2) is 152 Å². The second-order valence-electron chi connectivity index (χ2n) is 11.4. The Morgan fingerprint density at radius 1 is 0.435 bits per heavy atom. The van der Waals surface area contributed by atoms with Crippen molar-refractivity contribution in [1.29, 1.82) is 0 Å². The highest BCUT2D eigenvalue weighted by Crippen LogP contribution is 2.39. The van der Waals surface area contributed by atoms with E-state index in [2.05, 4.69) is 101 Å². The Bertz CT molecular complexity index is 2520. The van der Waals surface area contributed by atoms with E-state index >= 15 is 0 Å². The first kappa shape index (κ1) is 26.1. The fourth-order valence-corrected chi connectivity index (χ4v) is 6.58. The average molecular weight is 590 g/mol. The molecule has 0 saturated heterocycles. The molecule has 6 aromatic carbocycles. The molecule has 0 aliphatic rings. The van der Waals surface area contributed by atoms with Crippen molar-refractivity contribution in [2.45, 2.75) is 0 Å². The van der Waals surface area contributed by atoms with Gasteiger partial charge in [0, 0.05) is 38.4 Å². The normalized spacial score (nSPS) is 11.6. The second-order valence-corrected chi connectivity index (χ2v) is 11.4. The zero-order chi connectivity index (χ0) is 30.6. The lowest BCUT2D eigenvalue weighted by molar-refractivity contribution is 0.954. The van der Waals surface area contributed by atoms with Crippen LogP contribution in [0, 0.1) is 0 Å². The third kappa shape index (κ3) is 4.06. The first-order valence-corrected chi connectivity index (χ1v) is 15.3. The van der Waals surface area contributed by atoms with E-state index in [1.165, 1.54) is 10.8 Å². The van der Waals surface area contributed by atoms with E-state index in [0.29, 0.717) is 17.6 Å². The number of rotatable bonds is 5. The Labute approximate surface area is 265 Å². The number of hydrogen-bond acceptors (Lipinski definition) is 3. The molecule has 3 heterocycles. The molecular formula is C41H27N5. The summed E-state index contributed by atoms with van der Waals surface area (Å²) in [4.78, 5) is 15.2. The third-order valence-electron chi connectivity index (χ3n) is 8.74. The zero-order valence-corrected chi connectivity index (χ0v) is 24.9. The summed E-state index contributed by atoms with van der Waals surface area (Å²) in [5.41, 5.74) is 8.48. The van der Waals surface area contributed by atoms with Crippen LogP contribution in [-0.4, -0.2) is 24.1 Å². The smallest absolute Gasteiger partial charge is 0.238 e. The lowest BCUT2D eigenvalue weighted by atomic mass is 10.1. The number of para-hydroxylation sites is 2. The third-order valence-corrected chi connectivity index (χ3v) is 8.74. The van der Waals surface area contributed by atoms with E-state index in [9.17, 15) is 0 Å². The number of benzene rings is 6. The number of fused-ring (bicyclic) bond motifs is 6. The summed E-state index contributed by atoms with van der Waals surface area (Å²) in [6.45, 7) is 3.94. The van der Waals surface area contributed by atoms with Crippen molar-refractivity contribution in [2.24, 2.45) is 0 Å². The fraction of sp³-hybridized carbons (Fsp3) is 0. The maximum absolute atomic E-state index is 5.11. The van der Waals surface area contributed by atoms with E-state index in [4.69, 9.17) is 15.0 Å². The molecule has 0 N–H and O–H groups in total. The van der Waals surface area contributed by atoms with E-state index in [1.54, 1.807) is 0 Å². The standard InChI is InChI=1S/C41H27N5/c1-2-27-21-23-30(24-22-27)45-35-19-11-9-17-31(35)33-26-38-34(25-37(33)45)32-18-10-12-20-36(32)46(38)41-43-39(28-13-5-3-6-14-28)42-40(44-41)29-15-7-4-8-16-29/h2-26H,1H2. The fourth-order valence-electron chi connectivity index (χ4n) is 6.58. The largest absolute Gasteiger partial charge is 0.309 e. The van der Waals surface area contributed by atoms with Gasteiger partial charge in [-0.05, 0) is 42.0 Å². The quantitative estimate of drug-likeness (QED) is 0.201. The van der Waals surface area contributed by atoms with Gasteiger partial charge in [-0.25, -0.2) is 4.98 Å². The summed E-state index contributed by atoms with van der Waals surface area (Å²) in [5, 5.41) is 4.63. The van der Waals surface area contributed by atoms with E-state index in [-0.39, 0.29) is 0 Å². The minimum atomic E-state index is 0.585. The summed E-state index contributed by atoms with van der Waals surface area (Å²) in [5.74, 6) is 1.86. The molecule has 5 heteroatoms. The highest BCUT2D eigenvalue weighted by atomic mass is 15.2. The molecule has 0 atom stereocenters. The number of hydrogen-bond donors (Lipinski definition) is 0. The predicted octanol–water partition coefficient (Wildman–Crippen LogP) is 10.0. The van der Waals surface area contributed by atoms with Crippen LogP contribution in [0.3, 0.4) is 0 Å². The highest BCUT2D eigenvalue weighted by molar-refractivity contribution is 6.18. The zero-order valence-electron chi connectivity index (χ0n) is 24.9. The van der Waals surface area contributed by atoms with Gasteiger partial charge in [-0.15, -0.1) is 0 Å². The maximum Gasteiger partial charge on any atom is 0.238 e. The summed E-state index contributed by atoms with van der Waals surface area (Å²) in [7, 11) is 0. The van der Waals surface area contributed by atoms with Gasteiger partial charge in [0.05, 0.1) is 22.1 Å². The molecule has 5 nitrogen and oxygen atoms in total. The Kier molecular flexibility index (Phi) is 5.90. The van der Waals surface area contributed by atoms with Gasteiger partial charge in [0.2, 0.25) is 5.95 Å². The van der Waals surface area contributed by atoms with Gasteiger partial charge in [-0.3, -0.25) is 4.57 Å². The van der Waals surface area contributed by atoms with Gasteiger partial charge in [-0.1, -0.05) is 122 Å². The average Bonchev–Trinajstić information content (AvgIpc) is 3.63. The lowest BCUT2D eigenvalue weighted by Gasteiger charge is -2.11. The van der Waals surface area contributed by atoms with Crippen LogP contribution < -0.4 is 0 Å². The molecule has 0 aliphatic heterocycles. The number of nitrogens with zero attached hydrogens (tertiary/aromatic N) is 5. The Morgan fingerprint density at radius 2 is 0.913 bits per heavy atom. The molecule has 0 amide bonds. The van der Waals surface area contributed by atoms with Crippen molar-refractivity contribution in [3.05, 3.63) is 158 Å². The van der Waals surface area contributed by atoms with Crippen molar-refractivity contribution in [1.82, 2.24) is 24.1 Å². The van der Waals surface area contributed by atoms with E-state index in [1.807, 2.05) is 66.7 Å². The van der Waals surface area contributed by atoms with Crippen LogP contribution in [0.1, 0.15) is 5.56 Å². The molecular weight excluding hydrogens is 562 g/mol. The molecule has 216 valence electrons. The molecule has 9 aromatic rings. The van der Waals surface area contributed by atoms with Crippen molar-refractivity contribution in [3.8, 4) is 34.4 Å². The molecule has 0 radical (unpaired) electrons. The molecule has 3 aromatic heterocycles. The SMILES string of the molecule is C=Cc1ccc(-n2c3ccccc3c3cc4c(cc32)c2ccccc2n4-c2nc(-c3ccccc3)nc(-c3ccccc3)n2)cc1. The summed E-state index contributed by atoms with van der Waals surface area (Å²) in [6.07, 6.45) is 1.88. The maximum atomic E-state index is 5.11. The minimum absolute atomic E-state index is 0.585. The monoisotopic (exact) mass is 589 g/mol. The second kappa shape index (κ2) is 10.4. The van der Waals surface area contributed by atoms with Crippen LogP contribution in [0.2, 0.25) is 0 Å². The first-order chi connectivity index (χ1) is 22.8. The van der Waals surface area contributed by atoms with E-state index < -0.39 is 0 Å². The molecule has 9 rings (SSSR count).